The number of hydrogen-bond acceptors (Lipinski definition) is 5. The Labute approximate surface area is 140 Å². The average Bonchev–Trinajstić information content (AvgIpc) is 3.06. The summed E-state index contributed by atoms with van der Waals surface area (Å²) in [6.45, 7) is 4.96. The van der Waals surface area contributed by atoms with Crippen molar-refractivity contribution >= 4 is 22.9 Å². The van der Waals surface area contributed by atoms with Crippen LogP contribution in [-0.4, -0.2) is 50.2 Å². The summed E-state index contributed by atoms with van der Waals surface area (Å²) >= 11 is 1.49. The SMILES string of the molecule is Nc1cccc(-c2ccc(C(=O)NCCN3CCOCC3)s2)c1. The normalized spacial score (nSPS) is 15.5. The van der Waals surface area contributed by atoms with Gasteiger partial charge in [0.25, 0.3) is 5.91 Å². The molecule has 0 saturated carbocycles. The van der Waals surface area contributed by atoms with Crippen LogP contribution in [0.5, 0.6) is 0 Å². The molecule has 0 radical (unpaired) electrons. The molecule has 0 atom stereocenters. The summed E-state index contributed by atoms with van der Waals surface area (Å²) in [6, 6.07) is 11.5. The lowest BCUT2D eigenvalue weighted by Gasteiger charge is -2.26. The van der Waals surface area contributed by atoms with Crippen LogP contribution in [0.1, 0.15) is 9.67 Å². The molecule has 0 bridgehead atoms. The lowest BCUT2D eigenvalue weighted by molar-refractivity contribution is 0.0383. The van der Waals surface area contributed by atoms with E-state index < -0.39 is 0 Å². The highest BCUT2D eigenvalue weighted by molar-refractivity contribution is 7.17. The third-order valence-electron chi connectivity index (χ3n) is 3.82. The zero-order valence-corrected chi connectivity index (χ0v) is 13.8. The number of carbonyl (C=O) groups is 1. The van der Waals surface area contributed by atoms with E-state index in [4.69, 9.17) is 10.5 Å². The van der Waals surface area contributed by atoms with Crippen molar-refractivity contribution < 1.29 is 9.53 Å². The molecule has 0 unspecified atom stereocenters. The van der Waals surface area contributed by atoms with Crippen LogP contribution in [0.15, 0.2) is 36.4 Å². The molecule has 1 amide bonds. The van der Waals surface area contributed by atoms with Crippen LogP contribution < -0.4 is 11.1 Å². The van der Waals surface area contributed by atoms with Crippen LogP contribution in [0.3, 0.4) is 0 Å². The first-order valence-corrected chi connectivity index (χ1v) is 8.58. The zero-order chi connectivity index (χ0) is 16.1. The largest absolute Gasteiger partial charge is 0.399 e. The maximum Gasteiger partial charge on any atom is 0.261 e. The van der Waals surface area contributed by atoms with Gasteiger partial charge in [0.2, 0.25) is 0 Å². The zero-order valence-electron chi connectivity index (χ0n) is 13.0. The first-order chi connectivity index (χ1) is 11.2. The topological polar surface area (TPSA) is 67.6 Å². The Morgan fingerprint density at radius 2 is 2.09 bits per heavy atom. The lowest BCUT2D eigenvalue weighted by Crippen LogP contribution is -2.41. The Morgan fingerprint density at radius 3 is 2.87 bits per heavy atom. The van der Waals surface area contributed by atoms with E-state index in [1.54, 1.807) is 0 Å². The minimum absolute atomic E-state index is 0.0154. The number of ether oxygens (including phenoxy) is 1. The predicted molar refractivity (Wildman–Crippen MR) is 93.8 cm³/mol. The highest BCUT2D eigenvalue weighted by Gasteiger charge is 2.12. The highest BCUT2D eigenvalue weighted by atomic mass is 32.1. The number of amides is 1. The van der Waals surface area contributed by atoms with Gasteiger partial charge in [0.15, 0.2) is 0 Å². The average molecular weight is 331 g/mol. The number of carbonyl (C=O) groups excluding carboxylic acids is 1. The molecule has 1 aromatic heterocycles. The molecular formula is C17H21N3O2S. The molecule has 1 fully saturated rings. The van der Waals surface area contributed by atoms with Crippen LogP contribution in [0, 0.1) is 0 Å². The van der Waals surface area contributed by atoms with Gasteiger partial charge in [0.05, 0.1) is 18.1 Å². The van der Waals surface area contributed by atoms with Crippen LogP contribution in [0.2, 0.25) is 0 Å². The number of morpholine rings is 1. The van der Waals surface area contributed by atoms with Crippen LogP contribution in [0.25, 0.3) is 10.4 Å². The van der Waals surface area contributed by atoms with Crippen molar-refractivity contribution in [3.63, 3.8) is 0 Å². The van der Waals surface area contributed by atoms with Crippen LogP contribution in [0.4, 0.5) is 5.69 Å². The first-order valence-electron chi connectivity index (χ1n) is 7.76. The fraction of sp³-hybridized carbons (Fsp3) is 0.353. The summed E-state index contributed by atoms with van der Waals surface area (Å²) in [4.78, 5) is 16.3. The standard InChI is InChI=1S/C17H21N3O2S/c18-14-3-1-2-13(12-14)15-4-5-16(23-15)17(21)19-6-7-20-8-10-22-11-9-20/h1-5,12H,6-11,18H2,(H,19,21). The quantitative estimate of drug-likeness (QED) is 0.823. The van der Waals surface area contributed by atoms with Gasteiger partial charge in [-0.1, -0.05) is 12.1 Å². The number of anilines is 1. The molecule has 6 heteroatoms. The van der Waals surface area contributed by atoms with E-state index in [0.717, 1.165) is 53.9 Å². The second-order valence-corrected chi connectivity index (χ2v) is 6.58. The molecular weight excluding hydrogens is 310 g/mol. The van der Waals surface area contributed by atoms with Crippen molar-refractivity contribution in [2.45, 2.75) is 0 Å². The van der Waals surface area contributed by atoms with Gasteiger partial charge in [-0.15, -0.1) is 11.3 Å². The second kappa shape index (κ2) is 7.59. The summed E-state index contributed by atoms with van der Waals surface area (Å²) < 4.78 is 5.31. The minimum Gasteiger partial charge on any atom is -0.399 e. The third kappa shape index (κ3) is 4.31. The molecule has 3 rings (SSSR count). The molecule has 1 aliphatic rings. The Morgan fingerprint density at radius 1 is 1.26 bits per heavy atom. The predicted octanol–water partition coefficient (Wildman–Crippen LogP) is 2.06. The number of nitrogens with two attached hydrogens (primary N) is 1. The van der Waals surface area contributed by atoms with E-state index >= 15 is 0 Å². The Hall–Kier alpha value is -1.89. The van der Waals surface area contributed by atoms with E-state index in [1.807, 2.05) is 36.4 Å². The van der Waals surface area contributed by atoms with Gasteiger partial charge in [0.1, 0.15) is 0 Å². The highest BCUT2D eigenvalue weighted by Crippen LogP contribution is 2.29. The molecule has 1 aromatic carbocycles. The van der Waals surface area contributed by atoms with Crippen molar-refractivity contribution in [1.82, 2.24) is 10.2 Å². The van der Waals surface area contributed by atoms with E-state index in [0.29, 0.717) is 6.54 Å². The maximum absolute atomic E-state index is 12.2. The molecule has 0 spiro atoms. The fourth-order valence-corrected chi connectivity index (χ4v) is 3.47. The summed E-state index contributed by atoms with van der Waals surface area (Å²) in [5.41, 5.74) is 7.58. The van der Waals surface area contributed by atoms with E-state index in [1.165, 1.54) is 11.3 Å². The smallest absolute Gasteiger partial charge is 0.261 e. The number of rotatable bonds is 5. The summed E-state index contributed by atoms with van der Waals surface area (Å²) in [5.74, 6) is -0.0154. The number of nitrogens with zero attached hydrogens (tertiary/aromatic N) is 1. The lowest BCUT2D eigenvalue weighted by atomic mass is 10.2. The fourth-order valence-electron chi connectivity index (χ4n) is 2.55. The van der Waals surface area contributed by atoms with E-state index in [9.17, 15) is 4.79 Å². The monoisotopic (exact) mass is 331 g/mol. The molecule has 1 saturated heterocycles. The van der Waals surface area contributed by atoms with Gasteiger partial charge in [-0.25, -0.2) is 0 Å². The number of hydrogen-bond donors (Lipinski definition) is 2. The number of thiophene rings is 1. The van der Waals surface area contributed by atoms with Crippen molar-refractivity contribution in [3.8, 4) is 10.4 Å². The van der Waals surface area contributed by atoms with Crippen LogP contribution >= 0.6 is 11.3 Å². The van der Waals surface area contributed by atoms with Gasteiger partial charge < -0.3 is 15.8 Å². The van der Waals surface area contributed by atoms with Crippen molar-refractivity contribution in [1.29, 1.82) is 0 Å². The number of benzene rings is 1. The molecule has 2 heterocycles. The summed E-state index contributed by atoms with van der Waals surface area (Å²) in [7, 11) is 0. The molecule has 3 N–H and O–H groups in total. The van der Waals surface area contributed by atoms with Crippen molar-refractivity contribution in [2.24, 2.45) is 0 Å². The maximum atomic E-state index is 12.2. The van der Waals surface area contributed by atoms with Gasteiger partial charge in [-0.2, -0.15) is 0 Å². The van der Waals surface area contributed by atoms with Crippen molar-refractivity contribution in [3.05, 3.63) is 41.3 Å². The molecule has 23 heavy (non-hydrogen) atoms. The van der Waals surface area contributed by atoms with Gasteiger partial charge in [0, 0.05) is 36.7 Å². The van der Waals surface area contributed by atoms with Crippen LogP contribution in [-0.2, 0) is 4.74 Å². The Bertz CT molecular complexity index is 665. The minimum atomic E-state index is -0.0154. The molecule has 122 valence electrons. The van der Waals surface area contributed by atoms with E-state index in [2.05, 4.69) is 10.2 Å². The van der Waals surface area contributed by atoms with Gasteiger partial charge >= 0.3 is 0 Å². The third-order valence-corrected chi connectivity index (χ3v) is 4.95. The summed E-state index contributed by atoms with van der Waals surface area (Å²) in [6.07, 6.45) is 0. The van der Waals surface area contributed by atoms with Crippen molar-refractivity contribution in [2.75, 3.05) is 45.1 Å². The summed E-state index contributed by atoms with van der Waals surface area (Å²) in [5, 5.41) is 2.99. The van der Waals surface area contributed by atoms with E-state index in [-0.39, 0.29) is 5.91 Å². The molecule has 2 aromatic rings. The number of nitrogen functional groups attached to an aromatic ring is 1. The molecule has 1 aliphatic heterocycles. The first kappa shape index (κ1) is 16.0. The Kier molecular flexibility index (Phi) is 5.27. The van der Waals surface area contributed by atoms with Gasteiger partial charge in [-0.3, -0.25) is 9.69 Å². The molecule has 5 nitrogen and oxygen atoms in total. The van der Waals surface area contributed by atoms with Gasteiger partial charge in [-0.05, 0) is 29.8 Å². The second-order valence-electron chi connectivity index (χ2n) is 5.50. The number of nitrogens with one attached hydrogen (secondary N) is 1. The molecule has 0 aliphatic carbocycles. The Balaban J connectivity index is 1.54.